The molecule has 1 fully saturated rings. The van der Waals surface area contributed by atoms with E-state index >= 15 is 0 Å². The third kappa shape index (κ3) is 2.90. The van der Waals surface area contributed by atoms with Gasteiger partial charge in [-0.25, -0.2) is 4.98 Å². The minimum Gasteiger partial charge on any atom is -0.352 e. The van der Waals surface area contributed by atoms with Gasteiger partial charge >= 0.3 is 0 Å². The molecule has 0 saturated carbocycles. The van der Waals surface area contributed by atoms with E-state index in [9.17, 15) is 0 Å². The first-order valence-corrected chi connectivity index (χ1v) is 9.45. The average molecular weight is 378 g/mol. The Balaban J connectivity index is 1.84. The molecule has 138 valence electrons. The third-order valence-electron chi connectivity index (χ3n) is 5.32. The van der Waals surface area contributed by atoms with E-state index < -0.39 is 0 Å². The Hall–Kier alpha value is -2.73. The van der Waals surface area contributed by atoms with Gasteiger partial charge in [0.25, 0.3) is 0 Å². The van der Waals surface area contributed by atoms with Gasteiger partial charge in [-0.2, -0.15) is 0 Å². The maximum absolute atomic E-state index is 5.56. The molecule has 1 saturated heterocycles. The minimum absolute atomic E-state index is 0.0162. The Morgan fingerprint density at radius 3 is 2.52 bits per heavy atom. The van der Waals surface area contributed by atoms with Gasteiger partial charge in [0.2, 0.25) is 0 Å². The van der Waals surface area contributed by atoms with Crippen LogP contribution in [0.25, 0.3) is 5.82 Å². The molecule has 3 aromatic heterocycles. The predicted molar refractivity (Wildman–Crippen MR) is 111 cm³/mol. The maximum atomic E-state index is 5.56. The van der Waals surface area contributed by atoms with Crippen molar-refractivity contribution in [1.29, 1.82) is 0 Å². The second kappa shape index (κ2) is 6.78. The lowest BCUT2D eigenvalue weighted by molar-refractivity contribution is 0.367. The van der Waals surface area contributed by atoms with Crippen molar-refractivity contribution in [2.24, 2.45) is 0 Å². The number of aromatic nitrogens is 3. The van der Waals surface area contributed by atoms with Crippen LogP contribution in [0.5, 0.6) is 0 Å². The Kier molecular flexibility index (Phi) is 4.44. The molecule has 4 rings (SSSR count). The number of hydrogen-bond donors (Lipinski definition) is 1. The molecule has 2 atom stereocenters. The molecule has 0 unspecified atom stereocenters. The van der Waals surface area contributed by atoms with Gasteiger partial charge in [0.05, 0.1) is 17.8 Å². The quantitative estimate of drug-likeness (QED) is 0.704. The SMILES string of the molecule is Cc1cccnc1-n1c(C)cc([C@H]2[C@@H](c3ccccn3)NC(=S)N2C)c1C. The monoisotopic (exact) mass is 377 g/mol. The van der Waals surface area contributed by atoms with Crippen LogP contribution in [-0.2, 0) is 0 Å². The van der Waals surface area contributed by atoms with Crippen LogP contribution in [0.3, 0.4) is 0 Å². The molecular formula is C21H23N5S. The minimum atomic E-state index is 0.0162. The van der Waals surface area contributed by atoms with Crippen LogP contribution < -0.4 is 5.32 Å². The van der Waals surface area contributed by atoms with Crippen LogP contribution in [0.4, 0.5) is 0 Å². The van der Waals surface area contributed by atoms with Crippen LogP contribution >= 0.6 is 12.2 Å². The number of nitrogens with zero attached hydrogens (tertiary/aromatic N) is 4. The van der Waals surface area contributed by atoms with E-state index in [0.717, 1.165) is 27.9 Å². The second-order valence-corrected chi connectivity index (χ2v) is 7.43. The van der Waals surface area contributed by atoms with Gasteiger partial charge in [0.1, 0.15) is 5.82 Å². The predicted octanol–water partition coefficient (Wildman–Crippen LogP) is 3.79. The summed E-state index contributed by atoms with van der Waals surface area (Å²) in [5, 5.41) is 4.19. The standard InChI is InChI=1S/C21H23N5S/c1-13-8-7-11-23-20(13)26-14(2)12-16(15(26)3)19-18(24-21(27)25(19)4)17-9-5-6-10-22-17/h5-12,18-19H,1-4H3,(H,24,27)/t18-,19+/m1/s1. The topological polar surface area (TPSA) is 46.0 Å². The van der Waals surface area contributed by atoms with E-state index in [1.165, 1.54) is 11.3 Å². The fourth-order valence-corrected chi connectivity index (χ4v) is 4.21. The zero-order chi connectivity index (χ0) is 19.1. The number of thiocarbonyl (C=S) groups is 1. The molecule has 6 heteroatoms. The third-order valence-corrected chi connectivity index (χ3v) is 5.73. The highest BCUT2D eigenvalue weighted by molar-refractivity contribution is 7.80. The van der Waals surface area contributed by atoms with Crippen molar-refractivity contribution in [2.45, 2.75) is 32.9 Å². The molecule has 0 aliphatic carbocycles. The summed E-state index contributed by atoms with van der Waals surface area (Å²) in [5.74, 6) is 0.976. The van der Waals surface area contributed by atoms with E-state index in [2.05, 4.69) is 63.7 Å². The summed E-state index contributed by atoms with van der Waals surface area (Å²) in [6.45, 7) is 6.37. The van der Waals surface area contributed by atoms with Gasteiger partial charge in [-0.3, -0.25) is 4.98 Å². The number of hydrogen-bond acceptors (Lipinski definition) is 3. The van der Waals surface area contributed by atoms with Crippen LogP contribution in [0, 0.1) is 20.8 Å². The van der Waals surface area contributed by atoms with Crippen molar-refractivity contribution in [3.05, 3.63) is 77.0 Å². The summed E-state index contributed by atoms with van der Waals surface area (Å²) >= 11 is 5.56. The lowest BCUT2D eigenvalue weighted by Gasteiger charge is -2.24. The Bertz CT molecular complexity index is 995. The summed E-state index contributed by atoms with van der Waals surface area (Å²) in [7, 11) is 2.04. The molecule has 1 N–H and O–H groups in total. The number of aryl methyl sites for hydroxylation is 2. The van der Waals surface area contributed by atoms with Crippen molar-refractivity contribution < 1.29 is 0 Å². The second-order valence-electron chi connectivity index (χ2n) is 7.04. The number of rotatable bonds is 3. The largest absolute Gasteiger partial charge is 0.352 e. The Morgan fingerprint density at radius 1 is 1.04 bits per heavy atom. The summed E-state index contributed by atoms with van der Waals surface area (Å²) < 4.78 is 2.23. The average Bonchev–Trinajstić information content (AvgIpc) is 3.12. The molecule has 1 aliphatic heterocycles. The molecule has 0 spiro atoms. The Morgan fingerprint density at radius 2 is 1.81 bits per heavy atom. The van der Waals surface area contributed by atoms with E-state index in [4.69, 9.17) is 12.2 Å². The van der Waals surface area contributed by atoms with Crippen LogP contribution in [0.2, 0.25) is 0 Å². The van der Waals surface area contributed by atoms with Crippen molar-refractivity contribution in [3.8, 4) is 5.82 Å². The highest BCUT2D eigenvalue weighted by Crippen LogP contribution is 2.40. The van der Waals surface area contributed by atoms with Crippen molar-refractivity contribution >= 4 is 17.3 Å². The molecule has 3 aromatic rings. The zero-order valence-electron chi connectivity index (χ0n) is 16.0. The molecule has 0 amide bonds. The van der Waals surface area contributed by atoms with E-state index in [0.29, 0.717) is 0 Å². The molecule has 4 heterocycles. The van der Waals surface area contributed by atoms with Gasteiger partial charge in [-0.05, 0) is 68.4 Å². The highest BCUT2D eigenvalue weighted by Gasteiger charge is 2.39. The van der Waals surface area contributed by atoms with Crippen LogP contribution in [0.1, 0.15) is 40.3 Å². The van der Waals surface area contributed by atoms with Crippen molar-refractivity contribution in [2.75, 3.05) is 7.05 Å². The molecular weight excluding hydrogens is 354 g/mol. The Labute approximate surface area is 165 Å². The van der Waals surface area contributed by atoms with Gasteiger partial charge < -0.3 is 14.8 Å². The van der Waals surface area contributed by atoms with E-state index in [1.54, 1.807) is 0 Å². The van der Waals surface area contributed by atoms with Crippen molar-refractivity contribution in [1.82, 2.24) is 24.8 Å². The van der Waals surface area contributed by atoms with Gasteiger partial charge in [0, 0.05) is 30.8 Å². The van der Waals surface area contributed by atoms with Crippen LogP contribution in [-0.4, -0.2) is 31.6 Å². The van der Waals surface area contributed by atoms with Gasteiger partial charge in [-0.1, -0.05) is 12.1 Å². The molecule has 5 nitrogen and oxygen atoms in total. The molecule has 0 bridgehead atoms. The fourth-order valence-electron chi connectivity index (χ4n) is 3.97. The first-order valence-electron chi connectivity index (χ1n) is 9.04. The summed E-state index contributed by atoms with van der Waals surface area (Å²) in [6.07, 6.45) is 3.67. The molecule has 0 aromatic carbocycles. The highest BCUT2D eigenvalue weighted by atomic mass is 32.1. The number of pyridine rings is 2. The first kappa shape index (κ1) is 17.7. The molecule has 1 aliphatic rings. The number of nitrogens with one attached hydrogen (secondary N) is 1. The van der Waals surface area contributed by atoms with E-state index in [1.807, 2.05) is 37.6 Å². The van der Waals surface area contributed by atoms with Gasteiger partial charge in [-0.15, -0.1) is 0 Å². The van der Waals surface area contributed by atoms with E-state index in [-0.39, 0.29) is 12.1 Å². The van der Waals surface area contributed by atoms with Gasteiger partial charge in [0.15, 0.2) is 5.11 Å². The summed E-state index contributed by atoms with van der Waals surface area (Å²) in [5.41, 5.74) is 5.73. The lowest BCUT2D eigenvalue weighted by Crippen LogP contribution is -2.25. The van der Waals surface area contributed by atoms with Crippen LogP contribution in [0.15, 0.2) is 48.8 Å². The summed E-state index contributed by atoms with van der Waals surface area (Å²) in [6, 6.07) is 12.4. The van der Waals surface area contributed by atoms with Crippen molar-refractivity contribution in [3.63, 3.8) is 0 Å². The first-order chi connectivity index (χ1) is 13.0. The number of likely N-dealkylation sites (N-methyl/N-ethyl adjacent to an activating group) is 1. The fraction of sp³-hybridized carbons (Fsp3) is 0.286. The molecule has 27 heavy (non-hydrogen) atoms. The lowest BCUT2D eigenvalue weighted by atomic mass is 9.97. The summed E-state index contributed by atoms with van der Waals surface area (Å²) in [4.78, 5) is 11.3. The maximum Gasteiger partial charge on any atom is 0.169 e. The normalized spacial score (nSPS) is 19.4. The zero-order valence-corrected chi connectivity index (χ0v) is 16.8. The molecule has 0 radical (unpaired) electrons. The smallest absolute Gasteiger partial charge is 0.169 e.